The first-order valence-corrected chi connectivity index (χ1v) is 8.91. The number of rotatable bonds is 5. The third-order valence-corrected chi connectivity index (χ3v) is 4.29. The van der Waals surface area contributed by atoms with Gasteiger partial charge in [0.05, 0.1) is 23.4 Å². The number of carbonyl (C=O) groups is 2. The summed E-state index contributed by atoms with van der Waals surface area (Å²) in [6.07, 6.45) is 0. The summed E-state index contributed by atoms with van der Waals surface area (Å²) in [5, 5.41) is 5.72. The summed E-state index contributed by atoms with van der Waals surface area (Å²) in [4.78, 5) is 29.2. The molecule has 3 aromatic rings. The summed E-state index contributed by atoms with van der Waals surface area (Å²) in [7, 11) is 1.54. The van der Waals surface area contributed by atoms with Crippen LogP contribution in [0.3, 0.4) is 0 Å². The molecule has 2 amide bonds. The highest BCUT2D eigenvalue weighted by molar-refractivity contribution is 6.35. The van der Waals surface area contributed by atoms with Crippen LogP contribution in [-0.4, -0.2) is 23.9 Å². The van der Waals surface area contributed by atoms with Crippen LogP contribution in [0.5, 0.6) is 5.75 Å². The summed E-state index contributed by atoms with van der Waals surface area (Å²) in [6, 6.07) is 16.5. The van der Waals surface area contributed by atoms with Crippen LogP contribution >= 0.6 is 23.2 Å². The minimum absolute atomic E-state index is 0.0304. The van der Waals surface area contributed by atoms with Crippen LogP contribution in [0.25, 0.3) is 0 Å². The van der Waals surface area contributed by atoms with E-state index in [-0.39, 0.29) is 21.4 Å². The number of pyridine rings is 1. The minimum Gasteiger partial charge on any atom is -0.497 e. The average molecular weight is 416 g/mol. The molecule has 0 bridgehead atoms. The molecule has 1 aromatic heterocycles. The average Bonchev–Trinajstić information content (AvgIpc) is 2.70. The molecule has 142 valence electrons. The molecule has 3 rings (SSSR count). The monoisotopic (exact) mass is 415 g/mol. The molecule has 0 unspecified atom stereocenters. The first kappa shape index (κ1) is 19.7. The number of anilines is 2. The molecule has 0 saturated carbocycles. The molecule has 1 heterocycles. The van der Waals surface area contributed by atoms with Crippen molar-refractivity contribution in [1.82, 2.24) is 4.98 Å². The van der Waals surface area contributed by atoms with Gasteiger partial charge in [0.2, 0.25) is 0 Å². The second-order valence-corrected chi connectivity index (χ2v) is 6.44. The molecule has 2 N–H and O–H groups in total. The number of methoxy groups -OCH3 is 1. The third-order valence-electron chi connectivity index (χ3n) is 3.77. The van der Waals surface area contributed by atoms with Crippen molar-refractivity contribution in [2.24, 2.45) is 0 Å². The van der Waals surface area contributed by atoms with Crippen LogP contribution in [0.15, 0.2) is 60.7 Å². The van der Waals surface area contributed by atoms with E-state index in [0.717, 1.165) is 0 Å². The molecule has 6 nitrogen and oxygen atoms in total. The van der Waals surface area contributed by atoms with Gasteiger partial charge in [0.15, 0.2) is 0 Å². The summed E-state index contributed by atoms with van der Waals surface area (Å²) in [5.41, 5.74) is 1.12. The molecule has 0 radical (unpaired) electrons. The number of nitrogens with zero attached hydrogens (tertiary/aromatic N) is 1. The predicted molar refractivity (Wildman–Crippen MR) is 110 cm³/mol. The second-order valence-electron chi connectivity index (χ2n) is 5.65. The molecular formula is C20H15Cl2N3O3. The number of benzene rings is 2. The van der Waals surface area contributed by atoms with E-state index in [4.69, 9.17) is 27.9 Å². The minimum atomic E-state index is -0.575. The van der Waals surface area contributed by atoms with Crippen molar-refractivity contribution in [3.8, 4) is 5.75 Å². The molecule has 0 spiro atoms. The molecule has 0 atom stereocenters. The Balaban J connectivity index is 1.83. The Morgan fingerprint density at radius 1 is 0.929 bits per heavy atom. The van der Waals surface area contributed by atoms with Crippen molar-refractivity contribution in [2.75, 3.05) is 17.7 Å². The summed E-state index contributed by atoms with van der Waals surface area (Å²) >= 11 is 11.9. The highest BCUT2D eigenvalue weighted by Gasteiger charge is 2.17. The highest BCUT2D eigenvalue weighted by Crippen LogP contribution is 2.22. The number of ether oxygens (including phenoxy) is 1. The summed E-state index contributed by atoms with van der Waals surface area (Å²) in [6.45, 7) is 0. The number of halogens is 2. The van der Waals surface area contributed by atoms with E-state index in [2.05, 4.69) is 15.6 Å². The molecule has 8 heteroatoms. The van der Waals surface area contributed by atoms with Crippen LogP contribution in [-0.2, 0) is 0 Å². The maximum absolute atomic E-state index is 12.7. The van der Waals surface area contributed by atoms with E-state index in [1.807, 2.05) is 0 Å². The van der Waals surface area contributed by atoms with E-state index in [9.17, 15) is 9.59 Å². The van der Waals surface area contributed by atoms with E-state index in [0.29, 0.717) is 17.1 Å². The van der Waals surface area contributed by atoms with Gasteiger partial charge >= 0.3 is 0 Å². The van der Waals surface area contributed by atoms with Gasteiger partial charge < -0.3 is 15.4 Å². The van der Waals surface area contributed by atoms with E-state index >= 15 is 0 Å². The molecule has 0 fully saturated rings. The Kier molecular flexibility index (Phi) is 6.13. The predicted octanol–water partition coefficient (Wildman–Crippen LogP) is 4.90. The normalized spacial score (nSPS) is 10.2. The zero-order valence-corrected chi connectivity index (χ0v) is 16.2. The van der Waals surface area contributed by atoms with Crippen LogP contribution in [0.4, 0.5) is 11.4 Å². The van der Waals surface area contributed by atoms with Gasteiger partial charge in [0, 0.05) is 11.8 Å². The molecule has 28 heavy (non-hydrogen) atoms. The first-order valence-electron chi connectivity index (χ1n) is 8.16. The van der Waals surface area contributed by atoms with Crippen molar-refractivity contribution in [1.29, 1.82) is 0 Å². The molecule has 0 aliphatic heterocycles. The number of aromatic nitrogens is 1. The zero-order chi connectivity index (χ0) is 20.1. The lowest BCUT2D eigenvalue weighted by Gasteiger charge is -2.12. The first-order chi connectivity index (χ1) is 13.5. The Morgan fingerprint density at radius 2 is 1.71 bits per heavy atom. The largest absolute Gasteiger partial charge is 0.497 e. The lowest BCUT2D eigenvalue weighted by molar-refractivity contribution is 0.102. The smallest absolute Gasteiger partial charge is 0.275 e. The molecule has 0 saturated heterocycles. The lowest BCUT2D eigenvalue weighted by atomic mass is 10.1. The fraction of sp³-hybridized carbons (Fsp3) is 0.0500. The van der Waals surface area contributed by atoms with Gasteiger partial charge in [-0.1, -0.05) is 41.4 Å². The van der Waals surface area contributed by atoms with Crippen LogP contribution in [0.2, 0.25) is 10.2 Å². The number of carbonyl (C=O) groups excluding carboxylic acids is 2. The van der Waals surface area contributed by atoms with Crippen LogP contribution < -0.4 is 15.4 Å². The molecule has 0 aliphatic carbocycles. The van der Waals surface area contributed by atoms with Crippen molar-refractivity contribution >= 4 is 46.4 Å². The molecule has 2 aromatic carbocycles. The Bertz CT molecular complexity index is 1040. The van der Waals surface area contributed by atoms with Crippen LogP contribution in [0.1, 0.15) is 20.8 Å². The SMILES string of the molecule is COc1cccc(NC(=O)c2ccccc2NC(=O)c2nc(Cl)ccc2Cl)c1. The fourth-order valence-corrected chi connectivity index (χ4v) is 2.79. The number of hydrogen-bond acceptors (Lipinski definition) is 4. The fourth-order valence-electron chi connectivity index (χ4n) is 2.45. The Morgan fingerprint density at radius 3 is 2.50 bits per heavy atom. The third kappa shape index (κ3) is 4.60. The number of amides is 2. The summed E-state index contributed by atoms with van der Waals surface area (Å²) in [5.74, 6) is -0.357. The van der Waals surface area contributed by atoms with E-state index in [1.54, 1.807) is 55.6 Å². The van der Waals surface area contributed by atoms with Crippen molar-refractivity contribution in [2.45, 2.75) is 0 Å². The van der Waals surface area contributed by atoms with Gasteiger partial charge in [-0.2, -0.15) is 0 Å². The maximum Gasteiger partial charge on any atom is 0.275 e. The zero-order valence-electron chi connectivity index (χ0n) is 14.7. The van der Waals surface area contributed by atoms with Crippen LogP contribution in [0, 0.1) is 0 Å². The number of hydrogen-bond donors (Lipinski definition) is 2. The van der Waals surface area contributed by atoms with Crippen molar-refractivity contribution in [3.05, 3.63) is 82.1 Å². The molecular weight excluding hydrogens is 401 g/mol. The Labute approximate surface area is 171 Å². The van der Waals surface area contributed by atoms with Gasteiger partial charge in [0.1, 0.15) is 16.6 Å². The topological polar surface area (TPSA) is 80.3 Å². The summed E-state index contributed by atoms with van der Waals surface area (Å²) < 4.78 is 5.15. The van der Waals surface area contributed by atoms with Crippen molar-refractivity contribution in [3.63, 3.8) is 0 Å². The van der Waals surface area contributed by atoms with Gasteiger partial charge in [-0.25, -0.2) is 4.98 Å². The maximum atomic E-state index is 12.7. The standard InChI is InChI=1S/C20H15Cl2N3O3/c1-28-13-6-4-5-12(11-13)23-19(26)14-7-2-3-8-16(14)24-20(27)18-15(21)9-10-17(22)25-18/h2-11H,1H3,(H,23,26)(H,24,27). The highest BCUT2D eigenvalue weighted by atomic mass is 35.5. The van der Waals surface area contributed by atoms with Gasteiger partial charge in [-0.3, -0.25) is 9.59 Å². The number of nitrogens with one attached hydrogen (secondary N) is 2. The van der Waals surface area contributed by atoms with Gasteiger partial charge in [0.25, 0.3) is 11.8 Å². The van der Waals surface area contributed by atoms with Gasteiger partial charge in [-0.15, -0.1) is 0 Å². The Hall–Kier alpha value is -3.09. The second kappa shape index (κ2) is 8.73. The quantitative estimate of drug-likeness (QED) is 0.580. The van der Waals surface area contributed by atoms with Gasteiger partial charge in [-0.05, 0) is 36.4 Å². The number of para-hydroxylation sites is 1. The molecule has 0 aliphatic rings. The van der Waals surface area contributed by atoms with E-state index < -0.39 is 11.8 Å². The lowest BCUT2D eigenvalue weighted by Crippen LogP contribution is -2.19. The van der Waals surface area contributed by atoms with E-state index in [1.165, 1.54) is 12.1 Å². The van der Waals surface area contributed by atoms with Crippen molar-refractivity contribution < 1.29 is 14.3 Å².